The number of nitrogens with one attached hydrogen (secondary N) is 2. The molecule has 4 rings (SSSR count). The Bertz CT molecular complexity index is 999. The molecule has 2 N–H and O–H groups in total. The number of hydrogen-bond acceptors (Lipinski definition) is 3. The van der Waals surface area contributed by atoms with E-state index in [9.17, 15) is 13.2 Å². The number of carbonyl (C=O) groups excluding carboxylic acids is 1. The lowest BCUT2D eigenvalue weighted by atomic mass is 10.0. The van der Waals surface area contributed by atoms with Gasteiger partial charge in [0.1, 0.15) is 6.04 Å². The number of amides is 1. The number of carbonyl (C=O) groups is 1. The summed E-state index contributed by atoms with van der Waals surface area (Å²) in [6, 6.07) is 16.7. The molecule has 2 aromatic rings. The predicted octanol–water partition coefficient (Wildman–Crippen LogP) is 1.01. The molecular weight excluding hydrogens is 398 g/mol. The fraction of sp³-hybridized carbons (Fsp3) is 0.435. The maximum absolute atomic E-state index is 13.0. The molecule has 1 aliphatic carbocycles. The summed E-state index contributed by atoms with van der Waals surface area (Å²) in [5.41, 5.74) is 2.42. The molecule has 1 saturated heterocycles. The van der Waals surface area contributed by atoms with Gasteiger partial charge in [-0.1, -0.05) is 56.3 Å². The Morgan fingerprint density at radius 2 is 1.67 bits per heavy atom. The van der Waals surface area contributed by atoms with E-state index in [1.54, 1.807) is 24.3 Å². The molecule has 30 heavy (non-hydrogen) atoms. The maximum atomic E-state index is 13.0. The number of nitrogens with zero attached hydrogens (tertiary/aromatic N) is 1. The number of rotatable bonds is 5. The molecule has 0 spiro atoms. The first-order valence-corrected chi connectivity index (χ1v) is 12.1. The lowest BCUT2D eigenvalue weighted by Crippen LogP contribution is -3.16. The second-order valence-corrected chi connectivity index (χ2v) is 10.3. The van der Waals surface area contributed by atoms with E-state index in [2.05, 4.69) is 16.9 Å². The summed E-state index contributed by atoms with van der Waals surface area (Å²) in [7, 11) is -3.60. The molecule has 1 heterocycles. The Hall–Kier alpha value is -2.22. The maximum Gasteiger partial charge on any atom is 0.241 e. The molecule has 160 valence electrons. The van der Waals surface area contributed by atoms with Gasteiger partial charge in [-0.3, -0.25) is 4.79 Å². The Morgan fingerprint density at radius 1 is 1.03 bits per heavy atom. The van der Waals surface area contributed by atoms with Gasteiger partial charge in [0, 0.05) is 11.5 Å². The molecule has 0 radical (unpaired) electrons. The van der Waals surface area contributed by atoms with Crippen LogP contribution in [0.4, 0.5) is 0 Å². The summed E-state index contributed by atoms with van der Waals surface area (Å²) in [6.45, 7) is 6.93. The molecule has 1 fully saturated rings. The summed E-state index contributed by atoms with van der Waals surface area (Å²) in [4.78, 5) is 15.9. The minimum atomic E-state index is -3.60. The number of benzene rings is 2. The standard InChI is InChI=1S/C23H29N3O3S/c1-17(2)23(27)26-14-12-25(13-15-26)22-20-11-7-6-8-18(20)16-21(22)24-30(28,29)19-9-4-3-5-10-19/h3-11,17,21-22,24H,12-16H2,1-2H3/p+1/t21-,22-/m0/s1. The van der Waals surface area contributed by atoms with Gasteiger partial charge in [-0.05, 0) is 24.1 Å². The monoisotopic (exact) mass is 428 g/mol. The normalized spacial score (nSPS) is 22.3. The van der Waals surface area contributed by atoms with Crippen molar-refractivity contribution in [3.8, 4) is 0 Å². The quantitative estimate of drug-likeness (QED) is 0.747. The Labute approximate surface area is 178 Å². The van der Waals surface area contributed by atoms with E-state index < -0.39 is 10.0 Å². The van der Waals surface area contributed by atoms with Crippen molar-refractivity contribution in [1.29, 1.82) is 0 Å². The zero-order valence-corrected chi connectivity index (χ0v) is 18.4. The van der Waals surface area contributed by atoms with Gasteiger partial charge in [-0.15, -0.1) is 0 Å². The van der Waals surface area contributed by atoms with Gasteiger partial charge in [-0.25, -0.2) is 13.1 Å². The van der Waals surface area contributed by atoms with E-state index in [1.165, 1.54) is 16.0 Å². The Kier molecular flexibility index (Phi) is 5.95. The van der Waals surface area contributed by atoms with E-state index in [4.69, 9.17) is 0 Å². The Morgan fingerprint density at radius 3 is 2.33 bits per heavy atom. The molecule has 0 bridgehead atoms. The van der Waals surface area contributed by atoms with Crippen molar-refractivity contribution in [1.82, 2.24) is 9.62 Å². The van der Waals surface area contributed by atoms with Gasteiger partial charge in [0.25, 0.3) is 0 Å². The van der Waals surface area contributed by atoms with Gasteiger partial charge < -0.3 is 9.80 Å². The van der Waals surface area contributed by atoms with Crippen molar-refractivity contribution in [2.45, 2.75) is 37.2 Å². The summed E-state index contributed by atoms with van der Waals surface area (Å²) >= 11 is 0. The third-order valence-corrected chi connectivity index (χ3v) is 7.75. The summed E-state index contributed by atoms with van der Waals surface area (Å²) < 4.78 is 29.0. The van der Waals surface area contributed by atoms with Crippen molar-refractivity contribution in [3.05, 3.63) is 65.7 Å². The molecular formula is C23H30N3O3S+. The number of quaternary nitrogens is 1. The zero-order chi connectivity index (χ0) is 21.3. The molecule has 6 nitrogen and oxygen atoms in total. The molecule has 2 aliphatic rings. The molecule has 1 amide bonds. The van der Waals surface area contributed by atoms with Crippen LogP contribution in [0, 0.1) is 5.92 Å². The molecule has 0 unspecified atom stereocenters. The van der Waals surface area contributed by atoms with E-state index in [0.29, 0.717) is 24.4 Å². The average Bonchev–Trinajstić information content (AvgIpc) is 3.11. The van der Waals surface area contributed by atoms with Gasteiger partial charge in [0.15, 0.2) is 0 Å². The minimum absolute atomic E-state index is 0.00388. The SMILES string of the molecule is CC(C)C(=O)N1CC[NH+]([C@H]2c3ccccc3C[C@@H]2NS(=O)(=O)c2ccccc2)CC1. The van der Waals surface area contributed by atoms with Crippen molar-refractivity contribution >= 4 is 15.9 Å². The smallest absolute Gasteiger partial charge is 0.241 e. The van der Waals surface area contributed by atoms with Crippen molar-refractivity contribution in [2.75, 3.05) is 26.2 Å². The fourth-order valence-electron chi connectivity index (χ4n) is 4.77. The third kappa shape index (κ3) is 4.15. The lowest BCUT2D eigenvalue weighted by molar-refractivity contribution is -0.936. The first-order valence-electron chi connectivity index (χ1n) is 10.7. The van der Waals surface area contributed by atoms with Crippen LogP contribution in [0.5, 0.6) is 0 Å². The topological polar surface area (TPSA) is 70.9 Å². The van der Waals surface area contributed by atoms with Crippen LogP contribution in [0.3, 0.4) is 0 Å². The van der Waals surface area contributed by atoms with Crippen LogP contribution in [0.1, 0.15) is 31.0 Å². The fourth-order valence-corrected chi connectivity index (χ4v) is 6.04. The van der Waals surface area contributed by atoms with Crippen LogP contribution >= 0.6 is 0 Å². The van der Waals surface area contributed by atoms with E-state index in [0.717, 1.165) is 13.1 Å². The lowest BCUT2D eigenvalue weighted by Gasteiger charge is -2.38. The van der Waals surface area contributed by atoms with Crippen LogP contribution in [-0.4, -0.2) is 51.4 Å². The molecule has 7 heteroatoms. The van der Waals surface area contributed by atoms with Crippen LogP contribution in [0.2, 0.25) is 0 Å². The van der Waals surface area contributed by atoms with Gasteiger partial charge in [0.05, 0.1) is 37.1 Å². The number of piperazine rings is 1. The highest BCUT2D eigenvalue weighted by Gasteiger charge is 2.43. The molecule has 2 aromatic carbocycles. The second kappa shape index (κ2) is 8.49. The largest absolute Gasteiger partial charge is 0.331 e. The first-order chi connectivity index (χ1) is 14.4. The van der Waals surface area contributed by atoms with E-state index in [-0.39, 0.29) is 23.9 Å². The van der Waals surface area contributed by atoms with Crippen LogP contribution in [0.25, 0.3) is 0 Å². The molecule has 0 aromatic heterocycles. The van der Waals surface area contributed by atoms with Gasteiger partial charge >= 0.3 is 0 Å². The predicted molar refractivity (Wildman–Crippen MR) is 116 cm³/mol. The second-order valence-electron chi connectivity index (χ2n) is 8.56. The van der Waals surface area contributed by atoms with Crippen molar-refractivity contribution in [2.24, 2.45) is 5.92 Å². The van der Waals surface area contributed by atoms with E-state index in [1.807, 2.05) is 36.9 Å². The minimum Gasteiger partial charge on any atom is -0.331 e. The van der Waals surface area contributed by atoms with E-state index >= 15 is 0 Å². The van der Waals surface area contributed by atoms with Crippen LogP contribution in [0.15, 0.2) is 59.5 Å². The van der Waals surface area contributed by atoms with Gasteiger partial charge in [0.2, 0.25) is 15.9 Å². The van der Waals surface area contributed by atoms with Crippen LogP contribution in [-0.2, 0) is 21.2 Å². The summed E-state index contributed by atoms with van der Waals surface area (Å²) in [5.74, 6) is 0.200. The molecule has 0 saturated carbocycles. The summed E-state index contributed by atoms with van der Waals surface area (Å²) in [6.07, 6.45) is 0.686. The average molecular weight is 429 g/mol. The number of sulfonamides is 1. The first kappa shape index (κ1) is 21.0. The Balaban J connectivity index is 1.56. The number of fused-ring (bicyclic) bond motifs is 1. The highest BCUT2D eigenvalue weighted by atomic mass is 32.2. The van der Waals surface area contributed by atoms with Gasteiger partial charge in [-0.2, -0.15) is 0 Å². The zero-order valence-electron chi connectivity index (χ0n) is 17.5. The highest BCUT2D eigenvalue weighted by Crippen LogP contribution is 2.30. The highest BCUT2D eigenvalue weighted by molar-refractivity contribution is 7.89. The molecule has 1 aliphatic heterocycles. The van der Waals surface area contributed by atoms with Crippen LogP contribution < -0.4 is 9.62 Å². The number of hydrogen-bond donors (Lipinski definition) is 2. The molecule has 2 atom stereocenters. The third-order valence-electron chi connectivity index (χ3n) is 6.24. The summed E-state index contributed by atoms with van der Waals surface area (Å²) in [5, 5.41) is 0. The van der Waals surface area contributed by atoms with Crippen molar-refractivity contribution in [3.63, 3.8) is 0 Å². The van der Waals surface area contributed by atoms with Crippen molar-refractivity contribution < 1.29 is 18.1 Å².